The molecule has 1 rings (SSSR count). The van der Waals surface area contributed by atoms with E-state index >= 15 is 0 Å². The van der Waals surface area contributed by atoms with Crippen molar-refractivity contribution in [1.29, 1.82) is 0 Å². The lowest BCUT2D eigenvalue weighted by Gasteiger charge is -2.29. The third-order valence-electron chi connectivity index (χ3n) is 3.29. The summed E-state index contributed by atoms with van der Waals surface area (Å²) in [6.07, 6.45) is 0.934. The predicted octanol–water partition coefficient (Wildman–Crippen LogP) is -0.117. The zero-order chi connectivity index (χ0) is 13.9. The van der Waals surface area contributed by atoms with Gasteiger partial charge in [-0.15, -0.1) is 0 Å². The van der Waals surface area contributed by atoms with Crippen LogP contribution in [-0.2, 0) is 4.79 Å². The molecule has 0 bridgehead atoms. The predicted molar refractivity (Wildman–Crippen MR) is 72.1 cm³/mol. The van der Waals surface area contributed by atoms with Crippen LogP contribution in [0.2, 0.25) is 0 Å². The summed E-state index contributed by atoms with van der Waals surface area (Å²) in [5, 5.41) is 9.74. The number of aliphatic hydroxyl groups is 1. The zero-order valence-corrected chi connectivity index (χ0v) is 12.0. The standard InChI is InChI=1S/C13H27N3O2/c1-9(2)5-12(14)13(18)16-8-11(17)6-10(16)7-15(3)4/h9-12,17H,5-8,14H2,1-4H3/t10?,11?,12-/m1/s1. The molecule has 5 heteroatoms. The van der Waals surface area contributed by atoms with Gasteiger partial charge in [-0.3, -0.25) is 4.79 Å². The lowest BCUT2D eigenvalue weighted by Crippen LogP contribution is -2.49. The van der Waals surface area contributed by atoms with E-state index in [9.17, 15) is 9.90 Å². The molecular formula is C13H27N3O2. The molecule has 3 N–H and O–H groups in total. The summed E-state index contributed by atoms with van der Waals surface area (Å²) in [6, 6.07) is -0.360. The molecule has 1 aliphatic rings. The molecule has 0 spiro atoms. The molecule has 0 aromatic rings. The summed E-state index contributed by atoms with van der Waals surface area (Å²) in [5.41, 5.74) is 5.95. The molecule has 18 heavy (non-hydrogen) atoms. The van der Waals surface area contributed by atoms with Crippen molar-refractivity contribution in [2.75, 3.05) is 27.2 Å². The molecule has 0 saturated carbocycles. The number of hydrogen-bond acceptors (Lipinski definition) is 4. The Morgan fingerprint density at radius 2 is 2.11 bits per heavy atom. The van der Waals surface area contributed by atoms with Crippen LogP contribution in [0.15, 0.2) is 0 Å². The molecule has 3 atom stereocenters. The summed E-state index contributed by atoms with van der Waals surface area (Å²) in [4.78, 5) is 16.1. The first kappa shape index (κ1) is 15.4. The number of β-amino-alcohol motifs (C(OH)–C–C–N with tert-alkyl or cyclic N) is 1. The molecule has 0 aromatic carbocycles. The van der Waals surface area contributed by atoms with E-state index in [0.717, 1.165) is 6.54 Å². The van der Waals surface area contributed by atoms with Gasteiger partial charge in [-0.05, 0) is 32.9 Å². The highest BCUT2D eigenvalue weighted by Crippen LogP contribution is 2.20. The monoisotopic (exact) mass is 257 g/mol. The quantitative estimate of drug-likeness (QED) is 0.720. The number of carbonyl (C=O) groups is 1. The number of aliphatic hydroxyl groups excluding tert-OH is 1. The van der Waals surface area contributed by atoms with Crippen LogP contribution < -0.4 is 5.73 Å². The molecule has 106 valence electrons. The van der Waals surface area contributed by atoms with E-state index in [0.29, 0.717) is 25.3 Å². The van der Waals surface area contributed by atoms with Crippen molar-refractivity contribution in [2.45, 2.75) is 44.9 Å². The molecule has 2 unspecified atom stereocenters. The van der Waals surface area contributed by atoms with E-state index in [-0.39, 0.29) is 11.9 Å². The molecule has 0 aliphatic carbocycles. The second-order valence-electron chi connectivity index (χ2n) is 6.03. The Labute approximate surface area is 110 Å². The van der Waals surface area contributed by atoms with Gasteiger partial charge in [0.05, 0.1) is 12.1 Å². The van der Waals surface area contributed by atoms with Crippen LogP contribution >= 0.6 is 0 Å². The maximum Gasteiger partial charge on any atom is 0.239 e. The fourth-order valence-electron chi connectivity index (χ4n) is 2.58. The minimum absolute atomic E-state index is 0.0212. The molecule has 1 saturated heterocycles. The van der Waals surface area contributed by atoms with Gasteiger partial charge >= 0.3 is 0 Å². The maximum atomic E-state index is 12.3. The number of amides is 1. The molecule has 1 heterocycles. The molecular weight excluding hydrogens is 230 g/mol. The highest BCUT2D eigenvalue weighted by atomic mass is 16.3. The van der Waals surface area contributed by atoms with Crippen LogP contribution in [0.25, 0.3) is 0 Å². The average molecular weight is 257 g/mol. The van der Waals surface area contributed by atoms with Crippen molar-refractivity contribution in [2.24, 2.45) is 11.7 Å². The first-order valence-corrected chi connectivity index (χ1v) is 6.70. The Hall–Kier alpha value is -0.650. The lowest BCUT2D eigenvalue weighted by atomic mass is 10.0. The SMILES string of the molecule is CC(C)C[C@@H](N)C(=O)N1CC(O)CC1CN(C)C. The van der Waals surface area contributed by atoms with Crippen LogP contribution in [0.5, 0.6) is 0 Å². The van der Waals surface area contributed by atoms with Crippen LogP contribution in [0.4, 0.5) is 0 Å². The summed E-state index contributed by atoms with van der Waals surface area (Å²) >= 11 is 0. The minimum atomic E-state index is -0.444. The molecule has 1 aliphatic heterocycles. The minimum Gasteiger partial charge on any atom is -0.391 e. The normalized spacial score (nSPS) is 26.1. The highest BCUT2D eigenvalue weighted by Gasteiger charge is 2.36. The van der Waals surface area contributed by atoms with E-state index < -0.39 is 12.1 Å². The third kappa shape index (κ3) is 4.23. The van der Waals surface area contributed by atoms with Crippen LogP contribution in [0.3, 0.4) is 0 Å². The summed E-state index contributed by atoms with van der Waals surface area (Å²) in [6.45, 7) is 5.31. The van der Waals surface area contributed by atoms with Crippen molar-refractivity contribution in [1.82, 2.24) is 9.80 Å². The van der Waals surface area contributed by atoms with Crippen molar-refractivity contribution >= 4 is 5.91 Å². The molecule has 1 fully saturated rings. The first-order chi connectivity index (χ1) is 8.31. The summed E-state index contributed by atoms with van der Waals surface area (Å²) < 4.78 is 0. The highest BCUT2D eigenvalue weighted by molar-refractivity contribution is 5.82. The van der Waals surface area contributed by atoms with Crippen molar-refractivity contribution in [3.63, 3.8) is 0 Å². The Kier molecular flexibility index (Phi) is 5.56. The Balaban J connectivity index is 2.64. The van der Waals surface area contributed by atoms with Gasteiger partial charge in [0, 0.05) is 19.1 Å². The van der Waals surface area contributed by atoms with Crippen LogP contribution in [0, 0.1) is 5.92 Å². The number of nitrogens with zero attached hydrogens (tertiary/aromatic N) is 2. The summed E-state index contributed by atoms with van der Waals surface area (Å²) in [7, 11) is 3.95. The fraction of sp³-hybridized carbons (Fsp3) is 0.923. The third-order valence-corrected chi connectivity index (χ3v) is 3.29. The van der Waals surface area contributed by atoms with E-state index in [1.54, 1.807) is 4.90 Å². The fourth-order valence-corrected chi connectivity index (χ4v) is 2.58. The number of hydrogen-bond donors (Lipinski definition) is 2. The second-order valence-corrected chi connectivity index (χ2v) is 6.03. The summed E-state index contributed by atoms with van der Waals surface area (Å²) in [5.74, 6) is 0.385. The van der Waals surface area contributed by atoms with Crippen molar-refractivity contribution in [3.8, 4) is 0 Å². The number of likely N-dealkylation sites (tertiary alicyclic amines) is 1. The van der Waals surface area contributed by atoms with Gasteiger partial charge in [0.15, 0.2) is 0 Å². The van der Waals surface area contributed by atoms with E-state index in [2.05, 4.69) is 13.8 Å². The van der Waals surface area contributed by atoms with E-state index in [1.165, 1.54) is 0 Å². The van der Waals surface area contributed by atoms with Gasteiger partial charge in [0.1, 0.15) is 0 Å². The van der Waals surface area contributed by atoms with Crippen LogP contribution in [-0.4, -0.2) is 66.2 Å². The Bertz CT molecular complexity index is 281. The molecule has 5 nitrogen and oxygen atoms in total. The number of rotatable bonds is 5. The molecule has 0 radical (unpaired) electrons. The average Bonchev–Trinajstić information content (AvgIpc) is 2.56. The number of likely N-dealkylation sites (N-methyl/N-ethyl adjacent to an activating group) is 1. The largest absolute Gasteiger partial charge is 0.391 e. The van der Waals surface area contributed by atoms with Gasteiger partial charge in [-0.1, -0.05) is 13.8 Å². The second kappa shape index (κ2) is 6.50. The number of carbonyl (C=O) groups excluding carboxylic acids is 1. The van der Waals surface area contributed by atoms with Crippen molar-refractivity contribution in [3.05, 3.63) is 0 Å². The van der Waals surface area contributed by atoms with Gasteiger partial charge in [-0.2, -0.15) is 0 Å². The van der Waals surface area contributed by atoms with Gasteiger partial charge in [0.25, 0.3) is 0 Å². The van der Waals surface area contributed by atoms with Crippen molar-refractivity contribution < 1.29 is 9.90 Å². The van der Waals surface area contributed by atoms with Gasteiger partial charge in [-0.25, -0.2) is 0 Å². The Morgan fingerprint density at radius 3 is 2.61 bits per heavy atom. The van der Waals surface area contributed by atoms with Gasteiger partial charge in [0.2, 0.25) is 5.91 Å². The molecule has 1 amide bonds. The zero-order valence-electron chi connectivity index (χ0n) is 12.0. The first-order valence-electron chi connectivity index (χ1n) is 6.70. The Morgan fingerprint density at radius 1 is 1.50 bits per heavy atom. The maximum absolute atomic E-state index is 12.3. The van der Waals surface area contributed by atoms with Gasteiger partial charge < -0.3 is 20.6 Å². The number of nitrogens with two attached hydrogens (primary N) is 1. The lowest BCUT2D eigenvalue weighted by molar-refractivity contribution is -0.134. The molecule has 0 aromatic heterocycles. The van der Waals surface area contributed by atoms with E-state index in [1.807, 2.05) is 19.0 Å². The van der Waals surface area contributed by atoms with E-state index in [4.69, 9.17) is 5.73 Å². The topological polar surface area (TPSA) is 69.8 Å². The van der Waals surface area contributed by atoms with Crippen LogP contribution in [0.1, 0.15) is 26.7 Å². The smallest absolute Gasteiger partial charge is 0.239 e.